The van der Waals surface area contributed by atoms with E-state index in [9.17, 15) is 29.4 Å². The molecule has 0 heterocycles. The quantitative estimate of drug-likeness (QED) is 0.102. The summed E-state index contributed by atoms with van der Waals surface area (Å²) in [6, 6.07) is 45.0. The molecule has 6 aromatic rings. The molecular formula is C42H32N2O7. The van der Waals surface area contributed by atoms with Gasteiger partial charge in [0.15, 0.2) is 0 Å². The van der Waals surface area contributed by atoms with Crippen molar-refractivity contribution in [2.75, 3.05) is 10.6 Å². The van der Waals surface area contributed by atoms with Crippen molar-refractivity contribution < 1.29 is 34.1 Å². The Morgan fingerprint density at radius 1 is 0.431 bits per heavy atom. The number of hydrogen-bond acceptors (Lipinski definition) is 5. The van der Waals surface area contributed by atoms with Crippen LogP contribution >= 0.6 is 0 Å². The van der Waals surface area contributed by atoms with E-state index < -0.39 is 35.6 Å². The van der Waals surface area contributed by atoms with Crippen LogP contribution in [0.15, 0.2) is 158 Å². The van der Waals surface area contributed by atoms with E-state index in [2.05, 4.69) is 10.6 Å². The van der Waals surface area contributed by atoms with E-state index in [1.54, 1.807) is 0 Å². The molecular weight excluding hydrogens is 644 g/mol. The number of carbonyl (C=O) groups is 4. The second-order valence-corrected chi connectivity index (χ2v) is 11.6. The zero-order valence-corrected chi connectivity index (χ0v) is 27.1. The fraction of sp³-hybridized carbons (Fsp3) is 0.0476. The maximum atomic E-state index is 13.7. The van der Waals surface area contributed by atoms with Crippen LogP contribution in [0.2, 0.25) is 0 Å². The molecule has 0 atom stereocenters. The SMILES string of the molecule is O=C(O)c1cc(Oc2ccc(NC(=O)C(c3ccccc3)c3ccccc3)c(C(=O)O)c2)ccc1NC(=O)C(c1ccccc1)c1ccccc1. The van der Waals surface area contributed by atoms with E-state index in [-0.39, 0.29) is 34.0 Å². The van der Waals surface area contributed by atoms with Crippen molar-refractivity contribution in [1.29, 1.82) is 0 Å². The number of anilines is 2. The highest BCUT2D eigenvalue weighted by Gasteiger charge is 2.26. The van der Waals surface area contributed by atoms with E-state index in [0.717, 1.165) is 22.3 Å². The Morgan fingerprint density at radius 3 is 1.00 bits per heavy atom. The van der Waals surface area contributed by atoms with Crippen LogP contribution in [0.5, 0.6) is 11.5 Å². The molecule has 0 spiro atoms. The van der Waals surface area contributed by atoms with Gasteiger partial charge in [0.05, 0.1) is 34.3 Å². The molecule has 6 rings (SSSR count). The monoisotopic (exact) mass is 676 g/mol. The lowest BCUT2D eigenvalue weighted by molar-refractivity contribution is -0.117. The van der Waals surface area contributed by atoms with Gasteiger partial charge in [-0.1, -0.05) is 121 Å². The average Bonchev–Trinajstić information content (AvgIpc) is 3.14. The average molecular weight is 677 g/mol. The van der Waals surface area contributed by atoms with Crippen molar-refractivity contribution in [1.82, 2.24) is 0 Å². The first-order valence-corrected chi connectivity index (χ1v) is 16.0. The summed E-state index contributed by atoms with van der Waals surface area (Å²) in [5, 5.41) is 25.7. The van der Waals surface area contributed by atoms with Crippen LogP contribution in [-0.4, -0.2) is 34.0 Å². The van der Waals surface area contributed by atoms with Gasteiger partial charge in [0.2, 0.25) is 11.8 Å². The number of amides is 2. The van der Waals surface area contributed by atoms with Gasteiger partial charge in [0, 0.05) is 0 Å². The van der Waals surface area contributed by atoms with Crippen LogP contribution < -0.4 is 15.4 Å². The number of carboxylic acids is 2. The van der Waals surface area contributed by atoms with E-state index in [1.807, 2.05) is 121 Å². The van der Waals surface area contributed by atoms with Crippen molar-refractivity contribution in [3.05, 3.63) is 191 Å². The molecule has 0 fully saturated rings. The second kappa shape index (κ2) is 15.5. The normalized spacial score (nSPS) is 10.8. The predicted molar refractivity (Wildman–Crippen MR) is 194 cm³/mol. The van der Waals surface area contributed by atoms with E-state index in [1.165, 1.54) is 36.4 Å². The molecule has 0 aliphatic rings. The number of aromatic carboxylic acids is 2. The Kier molecular flexibility index (Phi) is 10.3. The number of rotatable bonds is 12. The zero-order chi connectivity index (χ0) is 35.7. The maximum absolute atomic E-state index is 13.7. The lowest BCUT2D eigenvalue weighted by Crippen LogP contribution is -2.23. The smallest absolute Gasteiger partial charge is 0.337 e. The van der Waals surface area contributed by atoms with E-state index in [4.69, 9.17) is 4.74 Å². The summed E-state index contributed by atoms with van der Waals surface area (Å²) in [7, 11) is 0. The van der Waals surface area contributed by atoms with Gasteiger partial charge in [-0.2, -0.15) is 0 Å². The minimum absolute atomic E-state index is 0.0624. The number of nitrogens with one attached hydrogen (secondary N) is 2. The molecule has 252 valence electrons. The first kappa shape index (κ1) is 33.9. The molecule has 0 aliphatic carbocycles. The third kappa shape index (κ3) is 8.01. The number of carbonyl (C=O) groups excluding carboxylic acids is 2. The zero-order valence-electron chi connectivity index (χ0n) is 27.1. The highest BCUT2D eigenvalue weighted by molar-refractivity contribution is 6.05. The van der Waals surface area contributed by atoms with Crippen molar-refractivity contribution in [3.8, 4) is 11.5 Å². The first-order chi connectivity index (χ1) is 24.8. The molecule has 0 bridgehead atoms. The van der Waals surface area contributed by atoms with Gasteiger partial charge in [-0.3, -0.25) is 9.59 Å². The second-order valence-electron chi connectivity index (χ2n) is 11.6. The standard InChI is InChI=1S/C42H32N2O7/c45-39(37(27-13-5-1-6-14-27)28-15-7-2-8-16-28)43-35-23-21-31(25-33(35)41(47)48)51-32-22-24-36(34(26-32)42(49)50)44-40(46)38(29-17-9-3-10-18-29)30-19-11-4-12-20-30/h1-26,37-38H,(H,43,45)(H,44,46)(H,47,48)(H,49,50). The lowest BCUT2D eigenvalue weighted by atomic mass is 9.90. The summed E-state index contributed by atoms with van der Waals surface area (Å²) >= 11 is 0. The predicted octanol–water partition coefficient (Wildman–Crippen LogP) is 8.42. The Bertz CT molecular complexity index is 1940. The van der Waals surface area contributed by atoms with Crippen LogP contribution in [0.3, 0.4) is 0 Å². The summed E-state index contributed by atoms with van der Waals surface area (Å²) in [6.07, 6.45) is 0. The molecule has 0 radical (unpaired) electrons. The molecule has 0 saturated carbocycles. The molecule has 9 nitrogen and oxygen atoms in total. The topological polar surface area (TPSA) is 142 Å². The van der Waals surface area contributed by atoms with Gasteiger partial charge >= 0.3 is 11.9 Å². The van der Waals surface area contributed by atoms with Crippen LogP contribution in [0.1, 0.15) is 54.8 Å². The minimum Gasteiger partial charge on any atom is -0.478 e. The summed E-state index contributed by atoms with van der Waals surface area (Å²) in [6.45, 7) is 0. The highest BCUT2D eigenvalue weighted by Crippen LogP contribution is 2.33. The molecule has 0 aromatic heterocycles. The van der Waals surface area contributed by atoms with Gasteiger partial charge in [-0.15, -0.1) is 0 Å². The summed E-state index contributed by atoms with van der Waals surface area (Å²) in [5.74, 6) is -4.67. The minimum atomic E-state index is -1.30. The molecule has 4 N–H and O–H groups in total. The molecule has 51 heavy (non-hydrogen) atoms. The van der Waals surface area contributed by atoms with Crippen LogP contribution in [0, 0.1) is 0 Å². The van der Waals surface area contributed by atoms with Crippen LogP contribution in [-0.2, 0) is 9.59 Å². The number of ether oxygens (including phenoxy) is 1. The van der Waals surface area contributed by atoms with Crippen molar-refractivity contribution in [2.45, 2.75) is 11.8 Å². The lowest BCUT2D eigenvalue weighted by Gasteiger charge is -2.19. The fourth-order valence-electron chi connectivity index (χ4n) is 5.86. The Hall–Kier alpha value is -7.00. The molecule has 9 heteroatoms. The Balaban J connectivity index is 1.24. The number of benzene rings is 6. The summed E-state index contributed by atoms with van der Waals surface area (Å²) in [4.78, 5) is 52.0. The fourth-order valence-corrected chi connectivity index (χ4v) is 5.86. The van der Waals surface area contributed by atoms with Gasteiger partial charge in [0.1, 0.15) is 11.5 Å². The highest BCUT2D eigenvalue weighted by atomic mass is 16.5. The van der Waals surface area contributed by atoms with Crippen LogP contribution in [0.4, 0.5) is 11.4 Å². The number of carboxylic acid groups (broad SMARTS) is 2. The van der Waals surface area contributed by atoms with Gasteiger partial charge in [0.25, 0.3) is 0 Å². The molecule has 0 saturated heterocycles. The Labute approximate surface area is 293 Å². The summed E-state index contributed by atoms with van der Waals surface area (Å²) < 4.78 is 5.90. The third-order valence-corrected chi connectivity index (χ3v) is 8.25. The van der Waals surface area contributed by atoms with Crippen molar-refractivity contribution in [2.24, 2.45) is 0 Å². The van der Waals surface area contributed by atoms with E-state index in [0.29, 0.717) is 0 Å². The number of hydrogen-bond donors (Lipinski definition) is 4. The summed E-state index contributed by atoms with van der Waals surface area (Å²) in [5.41, 5.74) is 2.63. The molecule has 6 aromatic carbocycles. The first-order valence-electron chi connectivity index (χ1n) is 16.0. The van der Waals surface area contributed by atoms with E-state index >= 15 is 0 Å². The Morgan fingerprint density at radius 2 is 0.725 bits per heavy atom. The van der Waals surface area contributed by atoms with Gasteiger partial charge in [-0.05, 0) is 58.7 Å². The van der Waals surface area contributed by atoms with Crippen molar-refractivity contribution in [3.63, 3.8) is 0 Å². The molecule has 2 amide bonds. The van der Waals surface area contributed by atoms with Gasteiger partial charge in [-0.25, -0.2) is 9.59 Å². The van der Waals surface area contributed by atoms with Crippen LogP contribution in [0.25, 0.3) is 0 Å². The molecule has 0 unspecified atom stereocenters. The maximum Gasteiger partial charge on any atom is 0.337 e. The van der Waals surface area contributed by atoms with Gasteiger partial charge < -0.3 is 25.6 Å². The largest absolute Gasteiger partial charge is 0.478 e. The van der Waals surface area contributed by atoms with Crippen molar-refractivity contribution >= 4 is 35.1 Å². The third-order valence-electron chi connectivity index (χ3n) is 8.25. The molecule has 0 aliphatic heterocycles.